The molecule has 0 N–H and O–H groups in total. The summed E-state index contributed by atoms with van der Waals surface area (Å²) in [5, 5.41) is 0.703. The van der Waals surface area contributed by atoms with E-state index in [1.807, 2.05) is 50.4 Å². The van der Waals surface area contributed by atoms with Crippen LogP contribution in [0.5, 0.6) is 0 Å². The van der Waals surface area contributed by atoms with E-state index < -0.39 is 0 Å². The van der Waals surface area contributed by atoms with Crippen molar-refractivity contribution < 1.29 is 0 Å². The predicted molar refractivity (Wildman–Crippen MR) is 117 cm³/mol. The topological polar surface area (TPSA) is 39.8 Å². The number of nitrogens with zero attached hydrogens (tertiary/aromatic N) is 3. The molecule has 0 aliphatic rings. The molecule has 0 aliphatic carbocycles. The van der Waals surface area contributed by atoms with E-state index >= 15 is 0 Å². The molecule has 2 aromatic heterocycles. The Morgan fingerprint density at radius 1 is 0.929 bits per heavy atom. The number of benzene rings is 2. The Labute approximate surface area is 168 Å². The highest BCUT2D eigenvalue weighted by Crippen LogP contribution is 2.23. The minimum atomic E-state index is -0.0292. The Hall–Kier alpha value is -2.79. The maximum Gasteiger partial charge on any atom is 0.283 e. The summed E-state index contributed by atoms with van der Waals surface area (Å²) in [6.07, 6.45) is 1.95. The molecule has 2 aromatic carbocycles. The van der Waals surface area contributed by atoms with Crippen LogP contribution in [0.3, 0.4) is 0 Å². The second-order valence-electron chi connectivity index (χ2n) is 7.17. The molecule has 0 amide bonds. The van der Waals surface area contributed by atoms with E-state index in [1.54, 1.807) is 4.57 Å². The van der Waals surface area contributed by atoms with E-state index in [-0.39, 0.29) is 5.56 Å². The number of rotatable bonds is 4. The molecule has 0 unspecified atom stereocenters. The fourth-order valence-electron chi connectivity index (χ4n) is 3.45. The lowest BCUT2D eigenvalue weighted by Gasteiger charge is -2.13. The van der Waals surface area contributed by atoms with Crippen LogP contribution in [0, 0.1) is 20.8 Å². The van der Waals surface area contributed by atoms with E-state index in [2.05, 4.69) is 35.8 Å². The van der Waals surface area contributed by atoms with Crippen LogP contribution in [0.4, 0.5) is 0 Å². The van der Waals surface area contributed by atoms with Crippen molar-refractivity contribution >= 4 is 22.8 Å². The van der Waals surface area contributed by atoms with Gasteiger partial charge in [0.25, 0.3) is 5.56 Å². The normalized spacial score (nSPS) is 11.3. The maximum absolute atomic E-state index is 13.6. The Morgan fingerprint density at radius 2 is 1.54 bits per heavy atom. The molecule has 0 spiro atoms. The van der Waals surface area contributed by atoms with Crippen LogP contribution < -0.4 is 5.56 Å². The largest absolute Gasteiger partial charge is 0.335 e. The van der Waals surface area contributed by atoms with Crippen LogP contribution in [-0.2, 0) is 6.54 Å². The Kier molecular flexibility index (Phi) is 4.85. The first-order chi connectivity index (χ1) is 13.5. The van der Waals surface area contributed by atoms with E-state index in [4.69, 9.17) is 4.98 Å². The summed E-state index contributed by atoms with van der Waals surface area (Å²) in [7, 11) is 0. The highest BCUT2D eigenvalue weighted by Gasteiger charge is 2.17. The van der Waals surface area contributed by atoms with Crippen LogP contribution in [0.25, 0.3) is 16.7 Å². The average molecular weight is 390 g/mol. The van der Waals surface area contributed by atoms with Crippen molar-refractivity contribution in [3.8, 4) is 5.69 Å². The minimum absolute atomic E-state index is 0.0292. The molecule has 0 atom stereocenters. The summed E-state index contributed by atoms with van der Waals surface area (Å²) < 4.78 is 3.79. The second kappa shape index (κ2) is 7.32. The second-order valence-corrected chi connectivity index (χ2v) is 7.94. The smallest absolute Gasteiger partial charge is 0.283 e. The first-order valence-corrected chi connectivity index (χ1v) is 10.5. The van der Waals surface area contributed by atoms with Gasteiger partial charge in [-0.3, -0.25) is 9.36 Å². The van der Waals surface area contributed by atoms with Crippen molar-refractivity contribution in [3.63, 3.8) is 0 Å². The van der Waals surface area contributed by atoms with Gasteiger partial charge in [-0.25, -0.2) is 4.98 Å². The van der Waals surface area contributed by atoms with Gasteiger partial charge in [0.05, 0.1) is 11.2 Å². The Bertz CT molecular complexity index is 1200. The molecule has 0 fully saturated rings. The number of aryl methyl sites for hydroxylation is 3. The third-order valence-electron chi connectivity index (χ3n) is 5.03. The van der Waals surface area contributed by atoms with E-state index in [9.17, 15) is 4.79 Å². The molecule has 0 bridgehead atoms. The van der Waals surface area contributed by atoms with Crippen molar-refractivity contribution in [2.45, 2.75) is 32.5 Å². The standard InChI is InChI=1S/C23H23N3OS/c1-15-5-9-18(10-6-15)14-25-17(3)13-20-21(25)22(27)26(23(24-20)28-4)19-11-7-16(2)8-12-19/h5-13H,14H2,1-4H3. The van der Waals surface area contributed by atoms with Gasteiger partial charge in [-0.2, -0.15) is 0 Å². The Morgan fingerprint density at radius 3 is 2.14 bits per heavy atom. The van der Waals surface area contributed by atoms with Crippen LogP contribution in [0.2, 0.25) is 0 Å². The van der Waals surface area contributed by atoms with Gasteiger partial charge in [-0.15, -0.1) is 0 Å². The Balaban J connectivity index is 1.93. The third kappa shape index (κ3) is 3.27. The van der Waals surface area contributed by atoms with Gasteiger partial charge in [0.1, 0.15) is 5.52 Å². The predicted octanol–water partition coefficient (Wildman–Crippen LogP) is 4.88. The number of hydrogen-bond donors (Lipinski definition) is 0. The van der Waals surface area contributed by atoms with Crippen molar-refractivity contribution in [2.24, 2.45) is 0 Å². The SMILES string of the molecule is CSc1nc2cc(C)n(Cc3ccc(C)cc3)c2c(=O)n1-c1ccc(C)cc1. The lowest BCUT2D eigenvalue weighted by molar-refractivity contribution is 0.772. The van der Waals surface area contributed by atoms with Gasteiger partial charge in [-0.05, 0) is 50.8 Å². The van der Waals surface area contributed by atoms with Gasteiger partial charge >= 0.3 is 0 Å². The summed E-state index contributed by atoms with van der Waals surface area (Å²) in [6, 6.07) is 18.4. The zero-order valence-corrected chi connectivity index (χ0v) is 17.4. The summed E-state index contributed by atoms with van der Waals surface area (Å²) in [4.78, 5) is 18.4. The van der Waals surface area contributed by atoms with E-state index in [0.717, 1.165) is 22.5 Å². The molecule has 28 heavy (non-hydrogen) atoms. The molecule has 0 saturated carbocycles. The minimum Gasteiger partial charge on any atom is -0.335 e. The van der Waals surface area contributed by atoms with Crippen LogP contribution in [0.15, 0.2) is 64.5 Å². The highest BCUT2D eigenvalue weighted by atomic mass is 32.2. The average Bonchev–Trinajstić information content (AvgIpc) is 3.00. The fraction of sp³-hybridized carbons (Fsp3) is 0.217. The van der Waals surface area contributed by atoms with Crippen molar-refractivity contribution in [1.82, 2.24) is 14.1 Å². The molecular weight excluding hydrogens is 366 g/mol. The first kappa shape index (κ1) is 18.6. The number of aromatic nitrogens is 3. The number of fused-ring (bicyclic) bond motifs is 1. The number of thioether (sulfide) groups is 1. The molecular formula is C23H23N3OS. The zero-order chi connectivity index (χ0) is 19.8. The van der Waals surface area contributed by atoms with E-state index in [0.29, 0.717) is 17.2 Å². The highest BCUT2D eigenvalue weighted by molar-refractivity contribution is 7.98. The van der Waals surface area contributed by atoms with Gasteiger partial charge in [0, 0.05) is 12.2 Å². The van der Waals surface area contributed by atoms with Crippen molar-refractivity contribution in [1.29, 1.82) is 0 Å². The van der Waals surface area contributed by atoms with Crippen LogP contribution in [0.1, 0.15) is 22.4 Å². The summed E-state index contributed by atoms with van der Waals surface area (Å²) in [5.41, 5.74) is 6.81. The molecule has 0 aliphatic heterocycles. The fourth-order valence-corrected chi connectivity index (χ4v) is 4.01. The molecule has 5 heteroatoms. The van der Waals surface area contributed by atoms with Crippen molar-refractivity contribution in [2.75, 3.05) is 6.26 Å². The van der Waals surface area contributed by atoms with Gasteiger partial charge in [0.2, 0.25) is 0 Å². The molecule has 4 nitrogen and oxygen atoms in total. The molecule has 4 aromatic rings. The maximum atomic E-state index is 13.6. The van der Waals surface area contributed by atoms with E-state index in [1.165, 1.54) is 22.9 Å². The van der Waals surface area contributed by atoms with Crippen LogP contribution >= 0.6 is 11.8 Å². The number of hydrogen-bond acceptors (Lipinski definition) is 3. The molecule has 4 rings (SSSR count). The zero-order valence-electron chi connectivity index (χ0n) is 16.6. The van der Waals surface area contributed by atoms with Crippen LogP contribution in [-0.4, -0.2) is 20.4 Å². The molecule has 0 radical (unpaired) electrons. The lowest BCUT2D eigenvalue weighted by Crippen LogP contribution is -2.23. The lowest BCUT2D eigenvalue weighted by atomic mass is 10.1. The van der Waals surface area contributed by atoms with Gasteiger partial charge < -0.3 is 4.57 Å². The monoisotopic (exact) mass is 389 g/mol. The van der Waals surface area contributed by atoms with Gasteiger partial charge in [-0.1, -0.05) is 59.3 Å². The molecule has 142 valence electrons. The first-order valence-electron chi connectivity index (χ1n) is 9.27. The quantitative estimate of drug-likeness (QED) is 0.369. The van der Waals surface area contributed by atoms with Gasteiger partial charge in [0.15, 0.2) is 5.16 Å². The molecule has 0 saturated heterocycles. The molecule has 2 heterocycles. The third-order valence-corrected chi connectivity index (χ3v) is 5.67. The summed E-state index contributed by atoms with van der Waals surface area (Å²) in [6.45, 7) is 6.80. The van der Waals surface area contributed by atoms with Crippen molar-refractivity contribution in [3.05, 3.63) is 87.3 Å². The summed E-state index contributed by atoms with van der Waals surface area (Å²) in [5.74, 6) is 0. The summed E-state index contributed by atoms with van der Waals surface area (Å²) >= 11 is 1.49.